The molecule has 0 N–H and O–H groups in total. The van der Waals surface area contributed by atoms with Crippen LogP contribution in [0, 0.1) is 0 Å². The fraction of sp³-hybridized carbons (Fsp3) is 0.296. The highest BCUT2D eigenvalue weighted by Crippen LogP contribution is 2.31. The highest BCUT2D eigenvalue weighted by atomic mass is 32.1. The lowest BCUT2D eigenvalue weighted by molar-refractivity contribution is -0.139. The summed E-state index contributed by atoms with van der Waals surface area (Å²) >= 11 is 1.29. The van der Waals surface area contributed by atoms with E-state index in [-0.39, 0.29) is 18.3 Å². The smallest absolute Gasteiger partial charge is 0.338 e. The molecule has 0 radical (unpaired) electrons. The van der Waals surface area contributed by atoms with Gasteiger partial charge in [0.1, 0.15) is 11.5 Å². The number of ether oxygens (including phenoxy) is 3. The van der Waals surface area contributed by atoms with E-state index >= 15 is 0 Å². The van der Waals surface area contributed by atoms with E-state index in [9.17, 15) is 9.59 Å². The average molecular weight is 493 g/mol. The number of carbonyl (C=O) groups is 1. The molecular formula is C27H28N2O5S. The number of nitrogens with zero attached hydrogens (tertiary/aromatic N) is 2. The summed E-state index contributed by atoms with van der Waals surface area (Å²) < 4.78 is 18.5. The second kappa shape index (κ2) is 10.3. The topological polar surface area (TPSA) is 79.1 Å². The zero-order valence-corrected chi connectivity index (χ0v) is 21.2. The second-order valence-electron chi connectivity index (χ2n) is 8.31. The Balaban J connectivity index is 1.89. The number of aromatic nitrogens is 1. The maximum atomic E-state index is 13.7. The fourth-order valence-corrected chi connectivity index (χ4v) is 5.04. The lowest BCUT2D eigenvalue weighted by atomic mass is 9.96. The van der Waals surface area contributed by atoms with Crippen LogP contribution >= 0.6 is 11.3 Å². The molecule has 0 saturated carbocycles. The van der Waals surface area contributed by atoms with E-state index in [0.717, 1.165) is 11.1 Å². The maximum Gasteiger partial charge on any atom is 0.338 e. The molecule has 1 aliphatic rings. The minimum atomic E-state index is -0.661. The molecule has 35 heavy (non-hydrogen) atoms. The molecule has 4 rings (SSSR count). The first-order valence-corrected chi connectivity index (χ1v) is 12.2. The Morgan fingerprint density at radius 1 is 1.17 bits per heavy atom. The number of hydrogen-bond acceptors (Lipinski definition) is 7. The molecule has 0 bridgehead atoms. The van der Waals surface area contributed by atoms with Crippen LogP contribution in [0.1, 0.15) is 44.9 Å². The Labute approximate surface area is 207 Å². The van der Waals surface area contributed by atoms with Gasteiger partial charge in [0.15, 0.2) is 4.80 Å². The first-order chi connectivity index (χ1) is 16.8. The lowest BCUT2D eigenvalue weighted by Crippen LogP contribution is -2.39. The number of allylic oxidation sites excluding steroid dienone is 1. The third kappa shape index (κ3) is 5.07. The van der Waals surface area contributed by atoms with Gasteiger partial charge in [-0.1, -0.05) is 35.6 Å². The number of rotatable bonds is 7. The minimum Gasteiger partial charge on any atom is -0.497 e. The first kappa shape index (κ1) is 24.5. The lowest BCUT2D eigenvalue weighted by Gasteiger charge is -2.25. The molecule has 0 saturated heterocycles. The Morgan fingerprint density at radius 3 is 2.57 bits per heavy atom. The molecule has 2 heterocycles. The van der Waals surface area contributed by atoms with E-state index in [0.29, 0.717) is 32.1 Å². The van der Waals surface area contributed by atoms with Crippen molar-refractivity contribution >= 4 is 23.4 Å². The normalized spacial score (nSPS) is 15.6. The molecule has 0 aliphatic carbocycles. The fourth-order valence-electron chi connectivity index (χ4n) is 3.99. The van der Waals surface area contributed by atoms with Gasteiger partial charge in [-0.3, -0.25) is 9.36 Å². The van der Waals surface area contributed by atoms with Crippen molar-refractivity contribution in [1.29, 1.82) is 0 Å². The van der Waals surface area contributed by atoms with Crippen LogP contribution in [0.5, 0.6) is 11.5 Å². The molecule has 2 aromatic carbocycles. The van der Waals surface area contributed by atoms with Gasteiger partial charge in [-0.2, -0.15) is 0 Å². The van der Waals surface area contributed by atoms with Gasteiger partial charge in [0.2, 0.25) is 0 Å². The molecule has 8 heteroatoms. The Morgan fingerprint density at radius 2 is 1.91 bits per heavy atom. The zero-order chi connectivity index (χ0) is 25.1. The Hall–Kier alpha value is -3.65. The molecular weight excluding hydrogens is 464 g/mol. The third-order valence-corrected chi connectivity index (χ3v) is 6.46. The quantitative estimate of drug-likeness (QED) is 0.471. The van der Waals surface area contributed by atoms with Gasteiger partial charge < -0.3 is 14.2 Å². The summed E-state index contributed by atoms with van der Waals surface area (Å²) in [6.07, 6.45) is 1.85. The second-order valence-corrected chi connectivity index (χ2v) is 9.32. The van der Waals surface area contributed by atoms with Crippen molar-refractivity contribution in [2.45, 2.75) is 39.8 Å². The van der Waals surface area contributed by atoms with Crippen molar-refractivity contribution in [1.82, 2.24) is 4.57 Å². The first-order valence-electron chi connectivity index (χ1n) is 11.4. The molecule has 0 unspecified atom stereocenters. The number of carbonyl (C=O) groups excluding carboxylic acids is 1. The molecule has 1 aromatic heterocycles. The molecule has 182 valence electrons. The van der Waals surface area contributed by atoms with Crippen LogP contribution in [0.4, 0.5) is 0 Å². The Kier molecular flexibility index (Phi) is 7.21. The van der Waals surface area contributed by atoms with Crippen molar-refractivity contribution in [2.24, 2.45) is 4.99 Å². The average Bonchev–Trinajstić information content (AvgIpc) is 3.13. The number of fused-ring (bicyclic) bond motifs is 1. The van der Waals surface area contributed by atoms with Gasteiger partial charge in [0.05, 0.1) is 41.7 Å². The number of hydrogen-bond donors (Lipinski definition) is 0. The number of benzene rings is 2. The van der Waals surface area contributed by atoms with Crippen LogP contribution in [-0.4, -0.2) is 30.4 Å². The molecule has 1 atom stereocenters. The van der Waals surface area contributed by atoms with Crippen LogP contribution in [0.3, 0.4) is 0 Å². The van der Waals surface area contributed by atoms with Crippen LogP contribution < -0.4 is 24.4 Å². The number of thiazole rings is 1. The highest BCUT2D eigenvalue weighted by Gasteiger charge is 2.33. The summed E-state index contributed by atoms with van der Waals surface area (Å²) in [5.74, 6) is 0.935. The molecule has 0 fully saturated rings. The molecule has 1 aliphatic heterocycles. The van der Waals surface area contributed by atoms with Crippen LogP contribution in [0.15, 0.2) is 69.6 Å². The van der Waals surface area contributed by atoms with Crippen molar-refractivity contribution in [2.75, 3.05) is 13.7 Å². The van der Waals surface area contributed by atoms with Crippen LogP contribution in [0.2, 0.25) is 0 Å². The summed E-state index contributed by atoms with van der Waals surface area (Å²) in [7, 11) is 1.60. The summed E-state index contributed by atoms with van der Waals surface area (Å²) in [6, 6.07) is 14.3. The Bertz CT molecular complexity index is 1450. The summed E-state index contributed by atoms with van der Waals surface area (Å²) in [6.45, 7) is 7.67. The number of methoxy groups -OCH3 is 1. The maximum absolute atomic E-state index is 13.7. The minimum absolute atomic E-state index is 0.0346. The zero-order valence-electron chi connectivity index (χ0n) is 20.4. The van der Waals surface area contributed by atoms with E-state index in [1.165, 1.54) is 11.3 Å². The SMILES string of the molecule is CCOC(=O)C1=C(C)N=c2s/c(=C/c3cccc(OC)c3)c(=O)n2[C@@H]1c1ccc(OC(C)C)cc1. The van der Waals surface area contributed by atoms with E-state index < -0.39 is 12.0 Å². The number of esters is 1. The van der Waals surface area contributed by atoms with Gasteiger partial charge >= 0.3 is 5.97 Å². The van der Waals surface area contributed by atoms with Crippen molar-refractivity contribution in [3.8, 4) is 11.5 Å². The van der Waals surface area contributed by atoms with Crippen molar-refractivity contribution in [3.63, 3.8) is 0 Å². The van der Waals surface area contributed by atoms with E-state index in [1.807, 2.05) is 68.5 Å². The summed E-state index contributed by atoms with van der Waals surface area (Å²) in [5.41, 5.74) is 2.27. The molecule has 7 nitrogen and oxygen atoms in total. The van der Waals surface area contributed by atoms with Crippen LogP contribution in [-0.2, 0) is 9.53 Å². The monoisotopic (exact) mass is 492 g/mol. The third-order valence-electron chi connectivity index (χ3n) is 5.48. The predicted molar refractivity (Wildman–Crippen MR) is 136 cm³/mol. The van der Waals surface area contributed by atoms with Gasteiger partial charge in [-0.25, -0.2) is 9.79 Å². The van der Waals surface area contributed by atoms with Crippen LogP contribution in [0.25, 0.3) is 6.08 Å². The van der Waals surface area contributed by atoms with Crippen molar-refractivity contribution < 1.29 is 19.0 Å². The summed E-state index contributed by atoms with van der Waals surface area (Å²) in [4.78, 5) is 31.8. The van der Waals surface area contributed by atoms with E-state index in [4.69, 9.17) is 14.2 Å². The molecule has 0 amide bonds. The predicted octanol–water partition coefficient (Wildman–Crippen LogP) is 3.59. The van der Waals surface area contributed by atoms with Gasteiger partial charge in [-0.05, 0) is 69.2 Å². The highest BCUT2D eigenvalue weighted by molar-refractivity contribution is 7.07. The molecule has 0 spiro atoms. The van der Waals surface area contributed by atoms with E-state index in [2.05, 4.69) is 4.99 Å². The van der Waals surface area contributed by atoms with Gasteiger partial charge in [-0.15, -0.1) is 0 Å². The molecule has 3 aromatic rings. The van der Waals surface area contributed by atoms with Gasteiger partial charge in [0, 0.05) is 0 Å². The summed E-state index contributed by atoms with van der Waals surface area (Å²) in [5, 5.41) is 0. The van der Waals surface area contributed by atoms with Gasteiger partial charge in [0.25, 0.3) is 5.56 Å². The van der Waals surface area contributed by atoms with Crippen molar-refractivity contribution in [3.05, 3.63) is 90.6 Å². The van der Waals surface area contributed by atoms with E-state index in [1.54, 1.807) is 25.5 Å². The standard InChI is InChI=1S/C27H28N2O5S/c1-6-33-26(31)23-17(4)28-27-29(24(23)19-10-12-20(13-11-19)34-16(2)3)25(30)22(35-27)15-18-8-7-9-21(14-18)32-5/h7-16,24H,6H2,1-5H3/b22-15+/t24-/m1/s1. The largest absolute Gasteiger partial charge is 0.497 e.